The lowest BCUT2D eigenvalue weighted by Gasteiger charge is -2.20. The Balaban J connectivity index is 1.86. The molecule has 1 N–H and O–H groups in total. The summed E-state index contributed by atoms with van der Waals surface area (Å²) in [6, 6.07) is 7.14. The maximum Gasteiger partial charge on any atom is 0.257 e. The molecule has 2 aromatic rings. The van der Waals surface area contributed by atoms with E-state index >= 15 is 0 Å². The fraction of sp³-hybridized carbons (Fsp3) is 0.389. The summed E-state index contributed by atoms with van der Waals surface area (Å²) in [6.07, 6.45) is 3.96. The minimum atomic E-state index is -0.219. The fourth-order valence-electron chi connectivity index (χ4n) is 2.75. The first kappa shape index (κ1) is 16.2. The van der Waals surface area contributed by atoms with Gasteiger partial charge in [-0.05, 0) is 43.4 Å². The summed E-state index contributed by atoms with van der Waals surface area (Å²) in [4.78, 5) is 21.4. The number of methoxy groups -OCH3 is 2. The van der Waals surface area contributed by atoms with Crippen LogP contribution in [0.4, 0.5) is 0 Å². The number of hydrogen-bond donors (Lipinski definition) is 1. The van der Waals surface area contributed by atoms with Gasteiger partial charge in [-0.25, -0.2) is 0 Å². The van der Waals surface area contributed by atoms with Gasteiger partial charge in [-0.3, -0.25) is 9.78 Å². The zero-order valence-electron chi connectivity index (χ0n) is 14.1. The minimum absolute atomic E-state index is 0.0921. The number of aryl methyl sites for hydroxylation is 1. The highest BCUT2D eigenvalue weighted by atomic mass is 16.5. The molecule has 6 nitrogen and oxygen atoms in total. The molecule has 24 heavy (non-hydrogen) atoms. The van der Waals surface area contributed by atoms with Gasteiger partial charge in [-0.15, -0.1) is 0 Å². The quantitative estimate of drug-likeness (QED) is 0.883. The van der Waals surface area contributed by atoms with Gasteiger partial charge < -0.3 is 14.8 Å². The molecule has 0 bridgehead atoms. The molecule has 6 heteroatoms. The average Bonchev–Trinajstić information content (AvgIpc) is 3.44. The zero-order chi connectivity index (χ0) is 17.1. The molecule has 0 saturated heterocycles. The average molecular weight is 327 g/mol. The number of hydrogen-bond acceptors (Lipinski definition) is 5. The summed E-state index contributed by atoms with van der Waals surface area (Å²) < 4.78 is 10.3. The lowest BCUT2D eigenvalue weighted by Crippen LogP contribution is -2.31. The lowest BCUT2D eigenvalue weighted by atomic mass is 10.0. The topological polar surface area (TPSA) is 73.3 Å². The van der Waals surface area contributed by atoms with Crippen LogP contribution in [0.5, 0.6) is 11.8 Å². The van der Waals surface area contributed by atoms with Crippen molar-refractivity contribution in [2.45, 2.75) is 25.8 Å². The molecule has 1 aliphatic rings. The molecule has 1 atom stereocenters. The molecule has 0 radical (unpaired) electrons. The molecule has 3 rings (SSSR count). The smallest absolute Gasteiger partial charge is 0.257 e. The third-order valence-corrected chi connectivity index (χ3v) is 4.21. The molecule has 1 fully saturated rings. The Hall–Kier alpha value is -2.63. The van der Waals surface area contributed by atoms with Gasteiger partial charge in [-0.2, -0.15) is 4.98 Å². The summed E-state index contributed by atoms with van der Waals surface area (Å²) in [5.41, 5.74) is 2.39. The van der Waals surface area contributed by atoms with Crippen molar-refractivity contribution >= 4 is 5.91 Å². The van der Waals surface area contributed by atoms with Crippen molar-refractivity contribution in [3.63, 3.8) is 0 Å². The Morgan fingerprint density at radius 1 is 1.25 bits per heavy atom. The van der Waals surface area contributed by atoms with E-state index in [1.54, 1.807) is 18.3 Å². The van der Waals surface area contributed by atoms with Crippen molar-refractivity contribution in [2.75, 3.05) is 14.2 Å². The maximum atomic E-state index is 12.8. The Morgan fingerprint density at radius 2 is 2.04 bits per heavy atom. The van der Waals surface area contributed by atoms with E-state index in [0.29, 0.717) is 17.4 Å². The molecule has 2 heterocycles. The van der Waals surface area contributed by atoms with Crippen molar-refractivity contribution in [1.82, 2.24) is 15.3 Å². The Bertz CT molecular complexity index is 744. The number of aromatic nitrogens is 2. The summed E-state index contributed by atoms with van der Waals surface area (Å²) in [6.45, 7) is 2.01. The van der Waals surface area contributed by atoms with Crippen molar-refractivity contribution in [2.24, 2.45) is 5.92 Å². The molecule has 126 valence electrons. The van der Waals surface area contributed by atoms with Crippen LogP contribution in [0.15, 0.2) is 30.5 Å². The molecule has 1 aliphatic carbocycles. The van der Waals surface area contributed by atoms with E-state index in [1.807, 2.05) is 19.1 Å². The number of nitrogens with one attached hydrogen (secondary N) is 1. The van der Waals surface area contributed by atoms with E-state index in [0.717, 1.165) is 24.1 Å². The second kappa shape index (κ2) is 6.86. The van der Waals surface area contributed by atoms with Crippen molar-refractivity contribution in [1.29, 1.82) is 0 Å². The Kier molecular flexibility index (Phi) is 4.64. The van der Waals surface area contributed by atoms with Gasteiger partial charge in [0.1, 0.15) is 5.56 Å². The Labute approximate surface area is 141 Å². The second-order valence-corrected chi connectivity index (χ2v) is 5.90. The van der Waals surface area contributed by atoms with Crippen LogP contribution in [-0.2, 0) is 0 Å². The van der Waals surface area contributed by atoms with Crippen LogP contribution in [0, 0.1) is 12.8 Å². The Morgan fingerprint density at radius 3 is 2.67 bits per heavy atom. The molecule has 0 spiro atoms. The van der Waals surface area contributed by atoms with E-state index in [-0.39, 0.29) is 17.8 Å². The van der Waals surface area contributed by atoms with Crippen LogP contribution in [0.1, 0.15) is 40.5 Å². The van der Waals surface area contributed by atoms with Crippen LogP contribution in [0.25, 0.3) is 0 Å². The lowest BCUT2D eigenvalue weighted by molar-refractivity contribution is 0.0926. The van der Waals surface area contributed by atoms with Crippen LogP contribution in [-0.4, -0.2) is 30.1 Å². The number of pyridine rings is 2. The zero-order valence-corrected chi connectivity index (χ0v) is 14.1. The first-order valence-corrected chi connectivity index (χ1v) is 7.95. The standard InChI is InChI=1S/C18H21N3O3/c1-11-5-4-10-19-15(11)16(12-6-7-12)21-17(22)13-8-9-14(23-2)20-18(13)24-3/h4-5,8-10,12,16H,6-7H2,1-3H3,(H,21,22)/t16-/m1/s1. The van der Waals surface area contributed by atoms with Crippen LogP contribution >= 0.6 is 0 Å². The first-order chi connectivity index (χ1) is 11.6. The van der Waals surface area contributed by atoms with Crippen molar-refractivity contribution < 1.29 is 14.3 Å². The molecule has 1 saturated carbocycles. The van der Waals surface area contributed by atoms with Gasteiger partial charge in [0, 0.05) is 12.3 Å². The van der Waals surface area contributed by atoms with Crippen LogP contribution in [0.2, 0.25) is 0 Å². The van der Waals surface area contributed by atoms with Crippen LogP contribution < -0.4 is 14.8 Å². The van der Waals surface area contributed by atoms with Gasteiger partial charge in [0.15, 0.2) is 0 Å². The van der Waals surface area contributed by atoms with E-state index in [1.165, 1.54) is 14.2 Å². The van der Waals surface area contributed by atoms with E-state index in [4.69, 9.17) is 9.47 Å². The van der Waals surface area contributed by atoms with E-state index in [9.17, 15) is 4.79 Å². The SMILES string of the molecule is COc1ccc(C(=O)N[C@@H](c2ncccc2C)C2CC2)c(OC)n1. The van der Waals surface area contributed by atoms with Gasteiger partial charge in [0.2, 0.25) is 11.8 Å². The number of carbonyl (C=O) groups excluding carboxylic acids is 1. The number of ether oxygens (including phenoxy) is 2. The molecule has 0 aliphatic heterocycles. The van der Waals surface area contributed by atoms with E-state index in [2.05, 4.69) is 15.3 Å². The number of nitrogens with zero attached hydrogens (tertiary/aromatic N) is 2. The van der Waals surface area contributed by atoms with Crippen LogP contribution in [0.3, 0.4) is 0 Å². The molecule has 1 amide bonds. The summed E-state index contributed by atoms with van der Waals surface area (Å²) in [5.74, 6) is 0.866. The monoisotopic (exact) mass is 327 g/mol. The molecule has 2 aromatic heterocycles. The minimum Gasteiger partial charge on any atom is -0.481 e. The molecular formula is C18H21N3O3. The molecular weight excluding hydrogens is 306 g/mol. The molecule has 0 unspecified atom stereocenters. The van der Waals surface area contributed by atoms with Gasteiger partial charge in [0.25, 0.3) is 5.91 Å². The predicted octanol–water partition coefficient (Wildman–Crippen LogP) is 2.68. The molecule has 0 aromatic carbocycles. The highest BCUT2D eigenvalue weighted by molar-refractivity contribution is 5.96. The van der Waals surface area contributed by atoms with Crippen molar-refractivity contribution in [3.8, 4) is 11.8 Å². The van der Waals surface area contributed by atoms with Gasteiger partial charge >= 0.3 is 0 Å². The fourth-order valence-corrected chi connectivity index (χ4v) is 2.75. The predicted molar refractivity (Wildman–Crippen MR) is 89.2 cm³/mol. The third-order valence-electron chi connectivity index (χ3n) is 4.21. The largest absolute Gasteiger partial charge is 0.481 e. The summed E-state index contributed by atoms with van der Waals surface area (Å²) in [7, 11) is 3.01. The second-order valence-electron chi connectivity index (χ2n) is 5.90. The van der Waals surface area contributed by atoms with Gasteiger partial charge in [-0.1, -0.05) is 6.07 Å². The highest BCUT2D eigenvalue weighted by Gasteiger charge is 2.35. The number of amides is 1. The van der Waals surface area contributed by atoms with Crippen molar-refractivity contribution in [3.05, 3.63) is 47.3 Å². The van der Waals surface area contributed by atoms with E-state index < -0.39 is 0 Å². The maximum absolute atomic E-state index is 12.8. The normalized spacial score (nSPS) is 14.8. The summed E-state index contributed by atoms with van der Waals surface area (Å²) >= 11 is 0. The summed E-state index contributed by atoms with van der Waals surface area (Å²) in [5, 5.41) is 3.10. The number of carbonyl (C=O) groups is 1. The first-order valence-electron chi connectivity index (χ1n) is 7.95. The number of rotatable bonds is 6. The third kappa shape index (κ3) is 3.32. The van der Waals surface area contributed by atoms with Gasteiger partial charge in [0.05, 0.1) is 26.0 Å². The highest BCUT2D eigenvalue weighted by Crippen LogP contribution is 2.41.